The van der Waals surface area contributed by atoms with E-state index in [1.807, 2.05) is 26.1 Å². The highest BCUT2D eigenvalue weighted by Crippen LogP contribution is 2.35. The molecular weight excluding hydrogens is 252 g/mol. The molecule has 1 aromatic heterocycles. The van der Waals surface area contributed by atoms with Gasteiger partial charge in [-0.25, -0.2) is 0 Å². The minimum absolute atomic E-state index is 0.432. The second-order valence-electron chi connectivity index (χ2n) is 5.28. The first-order valence-corrected chi connectivity index (χ1v) is 7.12. The Hall–Kier alpha value is -1.81. The summed E-state index contributed by atoms with van der Waals surface area (Å²) in [5.41, 5.74) is 3.58. The molecule has 1 N–H and O–H groups in total. The average molecular weight is 272 g/mol. The average Bonchev–Trinajstić information content (AvgIpc) is 2.90. The van der Waals surface area contributed by atoms with Gasteiger partial charge in [-0.15, -0.1) is 0 Å². The molecule has 106 valence electrons. The fourth-order valence-electron chi connectivity index (χ4n) is 2.88. The Morgan fingerprint density at radius 3 is 3.10 bits per heavy atom. The van der Waals surface area contributed by atoms with Crippen LogP contribution in [-0.4, -0.2) is 12.2 Å². The Kier molecular flexibility index (Phi) is 3.74. The normalized spacial score (nSPS) is 17.8. The van der Waals surface area contributed by atoms with Gasteiger partial charge in [0.2, 0.25) is 0 Å². The van der Waals surface area contributed by atoms with Crippen LogP contribution in [0.2, 0.25) is 0 Å². The predicted octanol–water partition coefficient (Wildman–Crippen LogP) is 3.16. The Labute approximate surface area is 119 Å². The first-order chi connectivity index (χ1) is 9.78. The van der Waals surface area contributed by atoms with E-state index in [1.165, 1.54) is 24.0 Å². The molecule has 0 amide bonds. The fourth-order valence-corrected chi connectivity index (χ4v) is 2.88. The first-order valence-electron chi connectivity index (χ1n) is 7.12. The molecule has 4 nitrogen and oxygen atoms in total. The lowest BCUT2D eigenvalue weighted by Crippen LogP contribution is -2.21. The molecule has 3 rings (SSSR count). The number of ether oxygens (including phenoxy) is 1. The van der Waals surface area contributed by atoms with Crippen molar-refractivity contribution in [2.75, 3.05) is 7.05 Å². The number of aromatic nitrogens is 1. The molecule has 0 saturated heterocycles. The van der Waals surface area contributed by atoms with Gasteiger partial charge in [-0.1, -0.05) is 17.3 Å². The third kappa shape index (κ3) is 2.56. The number of aryl methyl sites for hydroxylation is 1. The van der Waals surface area contributed by atoms with Gasteiger partial charge in [0.05, 0.1) is 5.69 Å². The maximum atomic E-state index is 5.94. The van der Waals surface area contributed by atoms with Gasteiger partial charge in [0.25, 0.3) is 0 Å². The molecule has 4 heteroatoms. The number of rotatable bonds is 4. The summed E-state index contributed by atoms with van der Waals surface area (Å²) in [6.07, 6.45) is 3.47. The van der Waals surface area contributed by atoms with Crippen molar-refractivity contribution in [3.63, 3.8) is 0 Å². The molecule has 1 aliphatic rings. The zero-order chi connectivity index (χ0) is 13.9. The fraction of sp³-hybridized carbons (Fsp3) is 0.438. The van der Waals surface area contributed by atoms with Gasteiger partial charge < -0.3 is 14.6 Å². The van der Waals surface area contributed by atoms with Crippen molar-refractivity contribution in [3.8, 4) is 5.75 Å². The van der Waals surface area contributed by atoms with E-state index in [0.29, 0.717) is 12.6 Å². The molecule has 0 spiro atoms. The lowest BCUT2D eigenvalue weighted by atomic mass is 9.87. The molecule has 1 heterocycles. The van der Waals surface area contributed by atoms with Gasteiger partial charge in [-0.2, -0.15) is 0 Å². The maximum absolute atomic E-state index is 5.94. The van der Waals surface area contributed by atoms with Crippen molar-refractivity contribution in [2.45, 2.75) is 38.8 Å². The number of hydrogen-bond acceptors (Lipinski definition) is 4. The van der Waals surface area contributed by atoms with Crippen LogP contribution >= 0.6 is 0 Å². The van der Waals surface area contributed by atoms with Gasteiger partial charge in [-0.3, -0.25) is 0 Å². The van der Waals surface area contributed by atoms with Crippen LogP contribution in [0.5, 0.6) is 5.75 Å². The number of fused-ring (bicyclic) bond motifs is 1. The van der Waals surface area contributed by atoms with E-state index >= 15 is 0 Å². The third-order valence-electron chi connectivity index (χ3n) is 3.86. The van der Waals surface area contributed by atoms with Gasteiger partial charge >= 0.3 is 0 Å². The van der Waals surface area contributed by atoms with E-state index in [1.54, 1.807) is 0 Å². The number of hydrogen-bond donors (Lipinski definition) is 1. The number of nitrogens with one attached hydrogen (secondary N) is 1. The number of nitrogens with zero attached hydrogens (tertiary/aromatic N) is 1. The topological polar surface area (TPSA) is 47.3 Å². The van der Waals surface area contributed by atoms with Crippen molar-refractivity contribution in [3.05, 3.63) is 46.8 Å². The number of benzene rings is 1. The summed E-state index contributed by atoms with van der Waals surface area (Å²) in [6.45, 7) is 2.34. The SMILES string of the molecule is CNC1CCCc2c(OCc3cc(C)no3)cccc21. The third-order valence-corrected chi connectivity index (χ3v) is 3.86. The van der Waals surface area contributed by atoms with Crippen LogP contribution in [0.3, 0.4) is 0 Å². The highest BCUT2D eigenvalue weighted by molar-refractivity contribution is 5.43. The monoisotopic (exact) mass is 272 g/mol. The maximum Gasteiger partial charge on any atom is 0.174 e. The van der Waals surface area contributed by atoms with Gasteiger partial charge in [-0.05, 0) is 50.4 Å². The second-order valence-corrected chi connectivity index (χ2v) is 5.28. The quantitative estimate of drug-likeness (QED) is 0.928. The van der Waals surface area contributed by atoms with Crippen LogP contribution in [-0.2, 0) is 13.0 Å². The molecule has 0 radical (unpaired) electrons. The van der Waals surface area contributed by atoms with Crippen molar-refractivity contribution >= 4 is 0 Å². The molecular formula is C16H20N2O2. The molecule has 1 aromatic carbocycles. The van der Waals surface area contributed by atoms with Crippen molar-refractivity contribution in [2.24, 2.45) is 0 Å². The van der Waals surface area contributed by atoms with Crippen LogP contribution in [0.4, 0.5) is 0 Å². The predicted molar refractivity (Wildman–Crippen MR) is 76.8 cm³/mol. The van der Waals surface area contributed by atoms with Crippen molar-refractivity contribution in [1.82, 2.24) is 10.5 Å². The summed E-state index contributed by atoms with van der Waals surface area (Å²) in [6, 6.07) is 8.65. The summed E-state index contributed by atoms with van der Waals surface area (Å²) in [7, 11) is 2.02. The first kappa shape index (κ1) is 13.2. The van der Waals surface area contributed by atoms with E-state index in [-0.39, 0.29) is 0 Å². The van der Waals surface area contributed by atoms with Crippen molar-refractivity contribution < 1.29 is 9.26 Å². The highest BCUT2D eigenvalue weighted by atomic mass is 16.5. The highest BCUT2D eigenvalue weighted by Gasteiger charge is 2.21. The molecule has 0 aliphatic heterocycles. The molecule has 20 heavy (non-hydrogen) atoms. The van der Waals surface area contributed by atoms with Crippen LogP contribution in [0, 0.1) is 6.92 Å². The second kappa shape index (κ2) is 5.67. The van der Waals surface area contributed by atoms with Gasteiger partial charge in [0, 0.05) is 12.1 Å². The molecule has 1 aliphatic carbocycles. The smallest absolute Gasteiger partial charge is 0.174 e. The molecule has 0 saturated carbocycles. The standard InChI is InChI=1S/C16H20N2O2/c1-11-9-12(20-18-11)10-19-16-8-4-5-13-14(16)6-3-7-15(13)17-2/h4-5,8-9,15,17H,3,6-7,10H2,1-2H3. The molecule has 0 bridgehead atoms. The zero-order valence-corrected chi connectivity index (χ0v) is 12.0. The van der Waals surface area contributed by atoms with Gasteiger partial charge in [0.15, 0.2) is 5.76 Å². The zero-order valence-electron chi connectivity index (χ0n) is 12.0. The van der Waals surface area contributed by atoms with Gasteiger partial charge in [0.1, 0.15) is 12.4 Å². The molecule has 1 atom stereocenters. The summed E-state index contributed by atoms with van der Waals surface area (Å²) < 4.78 is 11.1. The summed E-state index contributed by atoms with van der Waals surface area (Å²) >= 11 is 0. The Morgan fingerprint density at radius 2 is 2.35 bits per heavy atom. The summed E-state index contributed by atoms with van der Waals surface area (Å²) in [4.78, 5) is 0. The van der Waals surface area contributed by atoms with E-state index in [2.05, 4.69) is 22.6 Å². The van der Waals surface area contributed by atoms with E-state index in [9.17, 15) is 0 Å². The van der Waals surface area contributed by atoms with E-state index in [4.69, 9.17) is 9.26 Å². The summed E-state index contributed by atoms with van der Waals surface area (Å²) in [5, 5.41) is 7.26. The molecule has 1 unspecified atom stereocenters. The van der Waals surface area contributed by atoms with Crippen molar-refractivity contribution in [1.29, 1.82) is 0 Å². The Morgan fingerprint density at radius 1 is 1.45 bits per heavy atom. The van der Waals surface area contributed by atoms with Crippen LogP contribution in [0.25, 0.3) is 0 Å². The Balaban J connectivity index is 1.80. The molecule has 0 fully saturated rings. The molecule has 2 aromatic rings. The largest absolute Gasteiger partial charge is 0.485 e. The minimum Gasteiger partial charge on any atom is -0.485 e. The minimum atomic E-state index is 0.432. The summed E-state index contributed by atoms with van der Waals surface area (Å²) in [5.74, 6) is 1.73. The Bertz CT molecular complexity index is 592. The lowest BCUT2D eigenvalue weighted by molar-refractivity contribution is 0.245. The van der Waals surface area contributed by atoms with E-state index in [0.717, 1.165) is 23.6 Å². The van der Waals surface area contributed by atoms with Crippen LogP contribution in [0.1, 0.15) is 41.5 Å². The lowest BCUT2D eigenvalue weighted by Gasteiger charge is -2.26. The van der Waals surface area contributed by atoms with Crippen LogP contribution < -0.4 is 10.1 Å². The van der Waals surface area contributed by atoms with E-state index < -0.39 is 0 Å². The van der Waals surface area contributed by atoms with Crippen LogP contribution in [0.15, 0.2) is 28.8 Å².